The van der Waals surface area contributed by atoms with Crippen molar-refractivity contribution in [2.45, 2.75) is 25.6 Å². The summed E-state index contributed by atoms with van der Waals surface area (Å²) in [5.41, 5.74) is 0. The molecule has 0 N–H and O–H groups in total. The van der Waals surface area contributed by atoms with Crippen LogP contribution in [0.25, 0.3) is 0 Å². The first kappa shape index (κ1) is 14.1. The molecule has 1 saturated heterocycles. The molecule has 86 valence electrons. The second-order valence-electron chi connectivity index (χ2n) is 3.86. The van der Waals surface area contributed by atoms with Crippen LogP contribution >= 0.6 is 0 Å². The maximum Gasteiger partial charge on any atom is 0.316 e. The number of hydrogen-bond donors (Lipinski definition) is 0. The van der Waals surface area contributed by atoms with Gasteiger partial charge in [0.15, 0.2) is 8.32 Å². The summed E-state index contributed by atoms with van der Waals surface area (Å²) in [6.07, 6.45) is 0.221. The Morgan fingerprint density at radius 2 is 2.00 bits per heavy atom. The van der Waals surface area contributed by atoms with E-state index in [1.54, 1.807) is 7.11 Å². The van der Waals surface area contributed by atoms with Crippen LogP contribution in [-0.4, -0.2) is 27.4 Å². The Bertz CT molecular complexity index is 250. The largest absolute Gasteiger partial charge is 0.420 e. The number of ether oxygens (including phenoxy) is 1. The minimum atomic E-state index is -1.77. The average molecular weight is 230 g/mol. The summed E-state index contributed by atoms with van der Waals surface area (Å²) in [4.78, 5) is 21.9. The van der Waals surface area contributed by atoms with Crippen molar-refractivity contribution >= 4 is 20.3 Å². The number of esters is 2. The van der Waals surface area contributed by atoms with Crippen LogP contribution in [-0.2, 0) is 18.8 Å². The van der Waals surface area contributed by atoms with Gasteiger partial charge >= 0.3 is 11.9 Å². The molecule has 1 atom stereocenters. The van der Waals surface area contributed by atoms with E-state index in [1.807, 2.05) is 13.1 Å². The van der Waals surface area contributed by atoms with E-state index in [1.165, 1.54) is 0 Å². The molecule has 0 saturated carbocycles. The van der Waals surface area contributed by atoms with E-state index in [9.17, 15) is 9.59 Å². The van der Waals surface area contributed by atoms with Crippen LogP contribution in [0.3, 0.4) is 0 Å². The van der Waals surface area contributed by atoms with Crippen molar-refractivity contribution in [3.63, 3.8) is 0 Å². The molecule has 0 radical (unpaired) electrons. The Balaban J connectivity index is 0.000000921. The van der Waals surface area contributed by atoms with E-state index >= 15 is 0 Å². The summed E-state index contributed by atoms with van der Waals surface area (Å²) in [6.45, 7) is 10.0. The summed E-state index contributed by atoms with van der Waals surface area (Å²) in [7, 11) is -0.120. The van der Waals surface area contributed by atoms with Gasteiger partial charge in [-0.2, -0.15) is 0 Å². The first-order chi connectivity index (χ1) is 6.94. The van der Waals surface area contributed by atoms with Gasteiger partial charge in [0.05, 0.1) is 12.3 Å². The lowest BCUT2D eigenvalue weighted by Gasteiger charge is -2.21. The topological polar surface area (TPSA) is 52.6 Å². The average Bonchev–Trinajstić information content (AvgIpc) is 2.48. The van der Waals surface area contributed by atoms with Gasteiger partial charge in [-0.1, -0.05) is 0 Å². The van der Waals surface area contributed by atoms with Gasteiger partial charge in [0.1, 0.15) is 0 Å². The van der Waals surface area contributed by atoms with Crippen molar-refractivity contribution in [3.05, 3.63) is 13.2 Å². The molecular weight excluding hydrogens is 212 g/mol. The zero-order valence-corrected chi connectivity index (χ0v) is 10.5. The summed E-state index contributed by atoms with van der Waals surface area (Å²) < 4.78 is 9.76. The molecule has 1 unspecified atom stereocenters. The molecule has 1 fully saturated rings. The fraction of sp³-hybridized carbons (Fsp3) is 0.600. The van der Waals surface area contributed by atoms with Crippen LogP contribution in [0.5, 0.6) is 0 Å². The van der Waals surface area contributed by atoms with Gasteiger partial charge in [0.2, 0.25) is 0 Å². The molecule has 0 bridgehead atoms. The monoisotopic (exact) mass is 230 g/mol. The van der Waals surface area contributed by atoms with Crippen molar-refractivity contribution in [1.29, 1.82) is 0 Å². The summed E-state index contributed by atoms with van der Waals surface area (Å²) >= 11 is 0. The summed E-state index contributed by atoms with van der Waals surface area (Å²) in [5, 5.41) is 0. The number of carbonyl (C=O) groups is 2. The van der Waals surface area contributed by atoms with Crippen molar-refractivity contribution in [3.8, 4) is 0 Å². The van der Waals surface area contributed by atoms with E-state index < -0.39 is 14.3 Å². The third kappa shape index (κ3) is 4.40. The first-order valence-corrected chi connectivity index (χ1v) is 7.86. The fourth-order valence-corrected chi connectivity index (χ4v) is 3.02. The molecule has 0 spiro atoms. The predicted molar refractivity (Wildman–Crippen MR) is 59.8 cm³/mol. The fourth-order valence-electron chi connectivity index (χ4n) is 1.35. The maximum absolute atomic E-state index is 11.1. The molecule has 0 aromatic rings. The number of carbonyl (C=O) groups excluding carboxylic acids is 2. The highest BCUT2D eigenvalue weighted by molar-refractivity contribution is 6.71. The molecule has 0 amide bonds. The van der Waals surface area contributed by atoms with Crippen molar-refractivity contribution in [1.82, 2.24) is 0 Å². The normalized spacial score (nSPS) is 20.6. The number of rotatable bonds is 3. The lowest BCUT2D eigenvalue weighted by Crippen LogP contribution is -2.32. The first-order valence-electron chi connectivity index (χ1n) is 4.74. The molecule has 0 aromatic heterocycles. The van der Waals surface area contributed by atoms with Crippen LogP contribution in [0, 0.1) is 5.92 Å². The van der Waals surface area contributed by atoms with Gasteiger partial charge in [0, 0.05) is 7.11 Å². The Morgan fingerprint density at radius 3 is 2.33 bits per heavy atom. The van der Waals surface area contributed by atoms with E-state index in [0.717, 1.165) is 0 Å². The van der Waals surface area contributed by atoms with Crippen molar-refractivity contribution in [2.24, 2.45) is 5.92 Å². The van der Waals surface area contributed by atoms with Crippen LogP contribution in [0.1, 0.15) is 6.42 Å². The quantitative estimate of drug-likeness (QED) is 0.321. The standard InChI is InChI=1S/C8H14O4Si.C2H4/c1-11-13(2,3)5-6-4-7(9)12-8(6)10;1-2/h6H,4-5H2,1-3H3;1-2H2. The second-order valence-corrected chi connectivity index (χ2v) is 8.20. The minimum Gasteiger partial charge on any atom is -0.420 e. The van der Waals surface area contributed by atoms with Gasteiger partial charge in [-0.05, 0) is 19.1 Å². The SMILES string of the molecule is C=C.CO[Si](C)(C)CC1CC(=O)OC1=O. The molecule has 4 nitrogen and oxygen atoms in total. The van der Waals surface area contributed by atoms with E-state index in [-0.39, 0.29) is 18.3 Å². The van der Waals surface area contributed by atoms with Crippen LogP contribution in [0.4, 0.5) is 0 Å². The Labute approximate surface area is 91.4 Å². The highest BCUT2D eigenvalue weighted by Crippen LogP contribution is 2.26. The van der Waals surface area contributed by atoms with Gasteiger partial charge in [-0.3, -0.25) is 9.59 Å². The maximum atomic E-state index is 11.1. The van der Waals surface area contributed by atoms with Crippen LogP contribution in [0.2, 0.25) is 19.1 Å². The Kier molecular flexibility index (Phi) is 5.46. The lowest BCUT2D eigenvalue weighted by molar-refractivity contribution is -0.152. The zero-order chi connectivity index (χ0) is 12.1. The lowest BCUT2D eigenvalue weighted by atomic mass is 10.1. The van der Waals surface area contributed by atoms with Gasteiger partial charge in [-0.25, -0.2) is 0 Å². The molecule has 15 heavy (non-hydrogen) atoms. The van der Waals surface area contributed by atoms with E-state index in [2.05, 4.69) is 17.9 Å². The van der Waals surface area contributed by atoms with Crippen molar-refractivity contribution in [2.75, 3.05) is 7.11 Å². The number of cyclic esters (lactones) is 2. The smallest absolute Gasteiger partial charge is 0.316 e. The molecule has 1 aliphatic rings. The highest BCUT2D eigenvalue weighted by atomic mass is 28.4. The molecule has 1 aliphatic heterocycles. The second kappa shape index (κ2) is 5.82. The highest BCUT2D eigenvalue weighted by Gasteiger charge is 2.38. The third-order valence-electron chi connectivity index (χ3n) is 2.25. The molecule has 5 heteroatoms. The minimum absolute atomic E-state index is 0.221. The van der Waals surface area contributed by atoms with Gasteiger partial charge in [0.25, 0.3) is 0 Å². The van der Waals surface area contributed by atoms with Crippen molar-refractivity contribution < 1.29 is 18.8 Å². The van der Waals surface area contributed by atoms with Gasteiger partial charge < -0.3 is 9.16 Å². The predicted octanol–water partition coefficient (Wildman–Crippen LogP) is 1.73. The molecule has 1 heterocycles. The molecule has 0 aliphatic carbocycles. The van der Waals surface area contributed by atoms with E-state index in [4.69, 9.17) is 4.43 Å². The van der Waals surface area contributed by atoms with Crippen LogP contribution < -0.4 is 0 Å². The molecule has 0 aromatic carbocycles. The molecular formula is C10H18O4Si. The van der Waals surface area contributed by atoms with E-state index in [0.29, 0.717) is 6.04 Å². The summed E-state index contributed by atoms with van der Waals surface area (Å²) in [5.74, 6) is -1.06. The summed E-state index contributed by atoms with van der Waals surface area (Å²) in [6, 6.07) is 0.661. The van der Waals surface area contributed by atoms with Crippen LogP contribution in [0.15, 0.2) is 13.2 Å². The molecule has 1 rings (SSSR count). The van der Waals surface area contributed by atoms with Gasteiger partial charge in [-0.15, -0.1) is 13.2 Å². The Hall–Kier alpha value is -0.943. The number of hydrogen-bond acceptors (Lipinski definition) is 4. The Morgan fingerprint density at radius 1 is 1.47 bits per heavy atom. The third-order valence-corrected chi connectivity index (χ3v) is 4.83. The zero-order valence-electron chi connectivity index (χ0n) is 9.54.